The number of carbonyl (C=O) groups is 2. The van der Waals surface area contributed by atoms with Crippen molar-refractivity contribution in [3.05, 3.63) is 35.4 Å². The zero-order valence-corrected chi connectivity index (χ0v) is 13.6. The van der Waals surface area contributed by atoms with Crippen molar-refractivity contribution >= 4 is 11.9 Å². The largest absolute Gasteiger partial charge is 0.481 e. The lowest BCUT2D eigenvalue weighted by atomic mass is 9.98. The number of amides is 1. The number of aryl methyl sites for hydroxylation is 1. The molecule has 1 amide bonds. The highest BCUT2D eigenvalue weighted by atomic mass is 16.4. The van der Waals surface area contributed by atoms with Crippen LogP contribution in [-0.4, -0.2) is 23.5 Å². The Morgan fingerprint density at radius 2 is 2.18 bits per heavy atom. The first-order chi connectivity index (χ1) is 10.4. The highest BCUT2D eigenvalue weighted by Crippen LogP contribution is 2.54. The topological polar surface area (TPSA) is 66.4 Å². The third-order valence-corrected chi connectivity index (χ3v) is 4.91. The Hall–Kier alpha value is -1.84. The average Bonchev–Trinajstić information content (AvgIpc) is 3.16. The van der Waals surface area contributed by atoms with Crippen molar-refractivity contribution in [2.24, 2.45) is 17.3 Å². The minimum atomic E-state index is -0.865. The zero-order chi connectivity index (χ0) is 16.3. The third-order valence-electron chi connectivity index (χ3n) is 4.91. The lowest BCUT2D eigenvalue weighted by Gasteiger charge is -2.15. The van der Waals surface area contributed by atoms with Crippen molar-refractivity contribution in [2.75, 3.05) is 6.54 Å². The van der Waals surface area contributed by atoms with E-state index in [9.17, 15) is 14.7 Å². The smallest absolute Gasteiger partial charge is 0.308 e. The molecule has 0 saturated heterocycles. The SMILES string of the molecule is CCC1(C)CC1C(=O)NCC(Cc1cccc(C)c1)C(=O)O. The van der Waals surface area contributed by atoms with E-state index in [0.29, 0.717) is 6.42 Å². The van der Waals surface area contributed by atoms with Gasteiger partial charge in [0.15, 0.2) is 0 Å². The molecule has 0 bridgehead atoms. The summed E-state index contributed by atoms with van der Waals surface area (Å²) in [5, 5.41) is 12.2. The Labute approximate surface area is 131 Å². The zero-order valence-electron chi connectivity index (χ0n) is 13.6. The Balaban J connectivity index is 1.90. The van der Waals surface area contributed by atoms with E-state index in [1.165, 1.54) is 0 Å². The molecule has 0 aliphatic heterocycles. The maximum atomic E-state index is 12.1. The summed E-state index contributed by atoms with van der Waals surface area (Å²) >= 11 is 0. The van der Waals surface area contributed by atoms with Gasteiger partial charge in [-0.05, 0) is 37.2 Å². The molecular weight excluding hydrogens is 278 g/mol. The summed E-state index contributed by atoms with van der Waals surface area (Å²) in [6.07, 6.45) is 2.33. The van der Waals surface area contributed by atoms with Gasteiger partial charge in [-0.1, -0.05) is 43.7 Å². The fourth-order valence-electron chi connectivity index (χ4n) is 2.92. The summed E-state index contributed by atoms with van der Waals surface area (Å²) in [7, 11) is 0. The van der Waals surface area contributed by atoms with Crippen LogP contribution in [0.4, 0.5) is 0 Å². The molecule has 1 aromatic rings. The molecule has 3 atom stereocenters. The molecule has 0 radical (unpaired) electrons. The fourth-order valence-corrected chi connectivity index (χ4v) is 2.92. The van der Waals surface area contributed by atoms with Crippen molar-refractivity contribution in [1.82, 2.24) is 5.32 Å². The van der Waals surface area contributed by atoms with Gasteiger partial charge in [-0.3, -0.25) is 9.59 Å². The number of aliphatic carboxylic acids is 1. The second-order valence-corrected chi connectivity index (χ2v) is 6.74. The van der Waals surface area contributed by atoms with Gasteiger partial charge in [-0.25, -0.2) is 0 Å². The van der Waals surface area contributed by atoms with Crippen molar-refractivity contribution in [3.8, 4) is 0 Å². The summed E-state index contributed by atoms with van der Waals surface area (Å²) in [6.45, 7) is 6.38. The molecule has 3 unspecified atom stereocenters. The van der Waals surface area contributed by atoms with Crippen LogP contribution in [0.2, 0.25) is 0 Å². The molecule has 1 aromatic carbocycles. The molecule has 1 fully saturated rings. The number of nitrogens with one attached hydrogen (secondary N) is 1. The van der Waals surface area contributed by atoms with E-state index in [-0.39, 0.29) is 23.8 Å². The van der Waals surface area contributed by atoms with E-state index in [1.807, 2.05) is 31.2 Å². The quantitative estimate of drug-likeness (QED) is 0.814. The second-order valence-electron chi connectivity index (χ2n) is 6.74. The van der Waals surface area contributed by atoms with Crippen molar-refractivity contribution < 1.29 is 14.7 Å². The number of carboxylic acids is 1. The van der Waals surface area contributed by atoms with E-state index in [0.717, 1.165) is 24.0 Å². The Morgan fingerprint density at radius 3 is 2.73 bits per heavy atom. The van der Waals surface area contributed by atoms with E-state index < -0.39 is 11.9 Å². The highest BCUT2D eigenvalue weighted by molar-refractivity contribution is 5.83. The van der Waals surface area contributed by atoms with Crippen LogP contribution in [0.25, 0.3) is 0 Å². The van der Waals surface area contributed by atoms with Crippen molar-refractivity contribution in [1.29, 1.82) is 0 Å². The predicted octanol–water partition coefficient (Wildman–Crippen LogP) is 2.79. The van der Waals surface area contributed by atoms with Gasteiger partial charge in [-0.15, -0.1) is 0 Å². The van der Waals surface area contributed by atoms with Gasteiger partial charge in [-0.2, -0.15) is 0 Å². The van der Waals surface area contributed by atoms with Crippen LogP contribution < -0.4 is 5.32 Å². The van der Waals surface area contributed by atoms with Gasteiger partial charge in [0.25, 0.3) is 0 Å². The van der Waals surface area contributed by atoms with Gasteiger partial charge in [0.05, 0.1) is 5.92 Å². The first-order valence-corrected chi connectivity index (χ1v) is 7.92. The molecule has 120 valence electrons. The minimum absolute atomic E-state index is 0.000146. The second kappa shape index (κ2) is 6.51. The van der Waals surface area contributed by atoms with E-state index in [1.54, 1.807) is 0 Å². The standard InChI is InChI=1S/C18H25NO3/c1-4-18(3)10-15(18)16(20)19-11-14(17(21)22)9-13-7-5-6-12(2)8-13/h5-8,14-15H,4,9-11H2,1-3H3,(H,19,20)(H,21,22). The Bertz CT molecular complexity index is 569. The predicted molar refractivity (Wildman–Crippen MR) is 85.5 cm³/mol. The molecule has 4 nitrogen and oxygen atoms in total. The monoisotopic (exact) mass is 303 g/mol. The summed E-state index contributed by atoms with van der Waals surface area (Å²) < 4.78 is 0. The van der Waals surface area contributed by atoms with Crippen molar-refractivity contribution in [3.63, 3.8) is 0 Å². The number of hydrogen-bond acceptors (Lipinski definition) is 2. The molecule has 0 heterocycles. The summed E-state index contributed by atoms with van der Waals surface area (Å²) in [4.78, 5) is 23.5. The van der Waals surface area contributed by atoms with Crippen LogP contribution in [0.5, 0.6) is 0 Å². The van der Waals surface area contributed by atoms with Crippen LogP contribution in [0, 0.1) is 24.2 Å². The molecule has 0 aromatic heterocycles. The van der Waals surface area contributed by atoms with E-state index in [4.69, 9.17) is 0 Å². The first-order valence-electron chi connectivity index (χ1n) is 7.92. The molecule has 2 rings (SSSR count). The molecule has 1 saturated carbocycles. The molecule has 1 aliphatic carbocycles. The molecule has 0 spiro atoms. The van der Waals surface area contributed by atoms with E-state index in [2.05, 4.69) is 19.2 Å². The molecular formula is C18H25NO3. The molecule has 22 heavy (non-hydrogen) atoms. The highest BCUT2D eigenvalue weighted by Gasteiger charge is 2.52. The third kappa shape index (κ3) is 3.87. The maximum Gasteiger partial charge on any atom is 0.308 e. The van der Waals surface area contributed by atoms with Gasteiger partial charge < -0.3 is 10.4 Å². The number of carbonyl (C=O) groups excluding carboxylic acids is 1. The minimum Gasteiger partial charge on any atom is -0.481 e. The summed E-state index contributed by atoms with van der Waals surface area (Å²) in [5.74, 6) is -1.40. The Kier molecular flexibility index (Phi) is 4.89. The van der Waals surface area contributed by atoms with Gasteiger partial charge >= 0.3 is 5.97 Å². The van der Waals surface area contributed by atoms with Gasteiger partial charge in [0.2, 0.25) is 5.91 Å². The van der Waals surface area contributed by atoms with Crippen LogP contribution in [0.1, 0.15) is 37.8 Å². The fraction of sp³-hybridized carbons (Fsp3) is 0.556. The van der Waals surface area contributed by atoms with Crippen molar-refractivity contribution in [2.45, 2.75) is 40.0 Å². The van der Waals surface area contributed by atoms with E-state index >= 15 is 0 Å². The lowest BCUT2D eigenvalue weighted by Crippen LogP contribution is -2.35. The lowest BCUT2D eigenvalue weighted by molar-refractivity contribution is -0.141. The first kappa shape index (κ1) is 16.5. The number of rotatable bonds is 7. The molecule has 2 N–H and O–H groups in total. The summed E-state index contributed by atoms with van der Waals surface area (Å²) in [5.41, 5.74) is 2.22. The van der Waals surface area contributed by atoms with Gasteiger partial charge in [0, 0.05) is 12.5 Å². The average molecular weight is 303 g/mol. The molecule has 1 aliphatic rings. The van der Waals surface area contributed by atoms with Crippen LogP contribution in [0.15, 0.2) is 24.3 Å². The normalized spacial score (nSPS) is 24.6. The number of hydrogen-bond donors (Lipinski definition) is 2. The number of carboxylic acid groups (broad SMARTS) is 1. The van der Waals surface area contributed by atoms with Crippen LogP contribution in [-0.2, 0) is 16.0 Å². The van der Waals surface area contributed by atoms with Gasteiger partial charge in [0.1, 0.15) is 0 Å². The number of benzene rings is 1. The molecule has 4 heteroatoms. The summed E-state index contributed by atoms with van der Waals surface area (Å²) in [6, 6.07) is 7.84. The van der Waals surface area contributed by atoms with Crippen LogP contribution >= 0.6 is 0 Å². The van der Waals surface area contributed by atoms with Crippen LogP contribution in [0.3, 0.4) is 0 Å². The maximum absolute atomic E-state index is 12.1. The Morgan fingerprint density at radius 1 is 1.45 bits per heavy atom.